The molecule has 0 aromatic rings. The molecule has 104 valence electrons. The van der Waals surface area contributed by atoms with Crippen LogP contribution >= 0.6 is 0 Å². The SMILES string of the molecule is CCC(C)CC(C)C(C)(C)OCCOCCO. The van der Waals surface area contributed by atoms with Crippen molar-refractivity contribution < 1.29 is 14.6 Å². The van der Waals surface area contributed by atoms with Crippen LogP contribution in [0.2, 0.25) is 0 Å². The topological polar surface area (TPSA) is 38.7 Å². The Morgan fingerprint density at radius 1 is 1.12 bits per heavy atom. The minimum atomic E-state index is -0.105. The molecule has 0 aliphatic carbocycles. The van der Waals surface area contributed by atoms with Crippen molar-refractivity contribution in [1.29, 1.82) is 0 Å². The summed E-state index contributed by atoms with van der Waals surface area (Å²) < 4.78 is 11.1. The van der Waals surface area contributed by atoms with Gasteiger partial charge >= 0.3 is 0 Å². The van der Waals surface area contributed by atoms with E-state index in [0.717, 1.165) is 5.92 Å². The van der Waals surface area contributed by atoms with Gasteiger partial charge in [0.1, 0.15) is 0 Å². The van der Waals surface area contributed by atoms with Gasteiger partial charge in [0.05, 0.1) is 32.0 Å². The van der Waals surface area contributed by atoms with E-state index in [1.807, 2.05) is 0 Å². The third-order valence-electron chi connectivity index (χ3n) is 3.58. The summed E-state index contributed by atoms with van der Waals surface area (Å²) in [6, 6.07) is 0. The Balaban J connectivity index is 3.83. The molecule has 0 heterocycles. The van der Waals surface area contributed by atoms with Crippen molar-refractivity contribution in [2.24, 2.45) is 11.8 Å². The van der Waals surface area contributed by atoms with Crippen LogP contribution in [0.1, 0.15) is 47.5 Å². The predicted octanol–water partition coefficient (Wildman–Crippen LogP) is 2.86. The zero-order valence-electron chi connectivity index (χ0n) is 12.2. The van der Waals surface area contributed by atoms with Crippen molar-refractivity contribution in [1.82, 2.24) is 0 Å². The summed E-state index contributed by atoms with van der Waals surface area (Å²) in [5.41, 5.74) is -0.105. The van der Waals surface area contributed by atoms with Gasteiger partial charge in [-0.3, -0.25) is 0 Å². The lowest BCUT2D eigenvalue weighted by molar-refractivity contribution is -0.0813. The number of aliphatic hydroxyl groups excluding tert-OH is 1. The maximum absolute atomic E-state index is 8.57. The van der Waals surface area contributed by atoms with E-state index in [1.165, 1.54) is 12.8 Å². The molecule has 0 saturated carbocycles. The molecule has 0 aliphatic heterocycles. The average molecular weight is 246 g/mol. The summed E-state index contributed by atoms with van der Waals surface area (Å²) >= 11 is 0. The highest BCUT2D eigenvalue weighted by Gasteiger charge is 2.27. The van der Waals surface area contributed by atoms with Crippen molar-refractivity contribution in [3.05, 3.63) is 0 Å². The Labute approximate surface area is 107 Å². The molecule has 1 N–H and O–H groups in total. The summed E-state index contributed by atoms with van der Waals surface area (Å²) in [5.74, 6) is 1.29. The van der Waals surface area contributed by atoms with E-state index in [1.54, 1.807) is 0 Å². The minimum Gasteiger partial charge on any atom is -0.394 e. The first-order chi connectivity index (χ1) is 7.94. The maximum atomic E-state index is 8.57. The fourth-order valence-electron chi connectivity index (χ4n) is 1.73. The van der Waals surface area contributed by atoms with E-state index >= 15 is 0 Å². The van der Waals surface area contributed by atoms with Crippen LogP contribution < -0.4 is 0 Å². The molecule has 0 radical (unpaired) electrons. The lowest BCUT2D eigenvalue weighted by atomic mass is 9.84. The molecule has 0 saturated heterocycles. The Morgan fingerprint density at radius 2 is 1.76 bits per heavy atom. The van der Waals surface area contributed by atoms with Crippen LogP contribution in [0, 0.1) is 11.8 Å². The second kappa shape index (κ2) is 8.90. The standard InChI is InChI=1S/C14H30O3/c1-6-12(2)11-13(3)14(4,5)17-10-9-16-8-7-15/h12-13,15H,6-11H2,1-5H3. The normalized spacial score (nSPS) is 15.9. The van der Waals surface area contributed by atoms with Crippen LogP contribution in [0.25, 0.3) is 0 Å². The lowest BCUT2D eigenvalue weighted by Gasteiger charge is -2.33. The van der Waals surface area contributed by atoms with Crippen molar-refractivity contribution >= 4 is 0 Å². The highest BCUT2D eigenvalue weighted by atomic mass is 16.5. The molecule has 0 aliphatic rings. The average Bonchev–Trinajstić information content (AvgIpc) is 2.28. The summed E-state index contributed by atoms with van der Waals surface area (Å²) in [7, 11) is 0. The van der Waals surface area contributed by atoms with E-state index in [-0.39, 0.29) is 12.2 Å². The second-order valence-corrected chi connectivity index (χ2v) is 5.44. The monoisotopic (exact) mass is 246 g/mol. The van der Waals surface area contributed by atoms with Gasteiger partial charge in [0, 0.05) is 0 Å². The van der Waals surface area contributed by atoms with Crippen LogP contribution in [0.3, 0.4) is 0 Å². The number of hydrogen-bond acceptors (Lipinski definition) is 3. The fraction of sp³-hybridized carbons (Fsp3) is 1.00. The molecule has 17 heavy (non-hydrogen) atoms. The van der Waals surface area contributed by atoms with E-state index < -0.39 is 0 Å². The Kier molecular flexibility index (Phi) is 8.83. The van der Waals surface area contributed by atoms with Gasteiger partial charge in [-0.2, -0.15) is 0 Å². The molecule has 0 aromatic carbocycles. The molecule has 0 spiro atoms. The van der Waals surface area contributed by atoms with Crippen LogP contribution in [-0.4, -0.2) is 37.1 Å². The van der Waals surface area contributed by atoms with Crippen LogP contribution in [0.5, 0.6) is 0 Å². The molecular formula is C14H30O3. The zero-order valence-corrected chi connectivity index (χ0v) is 12.2. The van der Waals surface area contributed by atoms with E-state index in [2.05, 4.69) is 34.6 Å². The first-order valence-electron chi connectivity index (χ1n) is 6.76. The number of rotatable bonds is 10. The van der Waals surface area contributed by atoms with Gasteiger partial charge in [-0.15, -0.1) is 0 Å². The fourth-order valence-corrected chi connectivity index (χ4v) is 1.73. The third kappa shape index (κ3) is 7.74. The van der Waals surface area contributed by atoms with Crippen molar-refractivity contribution in [2.75, 3.05) is 26.4 Å². The first-order valence-corrected chi connectivity index (χ1v) is 6.76. The largest absolute Gasteiger partial charge is 0.394 e. The summed E-state index contributed by atoms with van der Waals surface area (Å²) in [4.78, 5) is 0. The van der Waals surface area contributed by atoms with Gasteiger partial charge in [-0.1, -0.05) is 27.2 Å². The van der Waals surface area contributed by atoms with E-state index in [9.17, 15) is 0 Å². The van der Waals surface area contributed by atoms with Crippen molar-refractivity contribution in [3.63, 3.8) is 0 Å². The molecule has 2 atom stereocenters. The molecule has 3 nitrogen and oxygen atoms in total. The number of aliphatic hydroxyl groups is 1. The molecule has 3 heteroatoms. The molecular weight excluding hydrogens is 216 g/mol. The molecule has 0 rings (SSSR count). The van der Waals surface area contributed by atoms with Gasteiger partial charge in [0.15, 0.2) is 0 Å². The quantitative estimate of drug-likeness (QED) is 0.602. The van der Waals surface area contributed by atoms with E-state index in [4.69, 9.17) is 14.6 Å². The molecule has 0 aromatic heterocycles. The third-order valence-corrected chi connectivity index (χ3v) is 3.58. The number of hydrogen-bond donors (Lipinski definition) is 1. The van der Waals surface area contributed by atoms with Gasteiger partial charge in [0.2, 0.25) is 0 Å². The summed E-state index contributed by atoms with van der Waals surface area (Å²) in [5, 5.41) is 8.57. The Hall–Kier alpha value is -0.120. The van der Waals surface area contributed by atoms with E-state index in [0.29, 0.717) is 25.7 Å². The Bertz CT molecular complexity index is 180. The molecule has 0 bridgehead atoms. The lowest BCUT2D eigenvalue weighted by Crippen LogP contribution is -2.35. The molecule has 0 amide bonds. The van der Waals surface area contributed by atoms with Gasteiger partial charge in [0.25, 0.3) is 0 Å². The number of ether oxygens (including phenoxy) is 2. The van der Waals surface area contributed by atoms with Crippen LogP contribution in [-0.2, 0) is 9.47 Å². The Morgan fingerprint density at radius 3 is 2.29 bits per heavy atom. The maximum Gasteiger partial charge on any atom is 0.0707 e. The zero-order chi connectivity index (χ0) is 13.3. The summed E-state index contributed by atoms with van der Waals surface area (Å²) in [6.07, 6.45) is 2.42. The predicted molar refractivity (Wildman–Crippen MR) is 71.2 cm³/mol. The van der Waals surface area contributed by atoms with Crippen LogP contribution in [0.4, 0.5) is 0 Å². The molecule has 0 fully saturated rings. The smallest absolute Gasteiger partial charge is 0.0707 e. The minimum absolute atomic E-state index is 0.0772. The highest BCUT2D eigenvalue weighted by molar-refractivity contribution is 4.77. The first kappa shape index (κ1) is 16.9. The summed E-state index contributed by atoms with van der Waals surface area (Å²) in [6.45, 7) is 12.7. The highest BCUT2D eigenvalue weighted by Crippen LogP contribution is 2.28. The molecule has 2 unspecified atom stereocenters. The van der Waals surface area contributed by atoms with Crippen LogP contribution in [0.15, 0.2) is 0 Å². The van der Waals surface area contributed by atoms with Gasteiger partial charge < -0.3 is 14.6 Å². The van der Waals surface area contributed by atoms with Gasteiger partial charge in [-0.05, 0) is 32.1 Å². The van der Waals surface area contributed by atoms with Crippen molar-refractivity contribution in [3.8, 4) is 0 Å². The second-order valence-electron chi connectivity index (χ2n) is 5.44. The van der Waals surface area contributed by atoms with Gasteiger partial charge in [-0.25, -0.2) is 0 Å². The van der Waals surface area contributed by atoms with Crippen molar-refractivity contribution in [2.45, 2.75) is 53.1 Å².